The summed E-state index contributed by atoms with van der Waals surface area (Å²) in [5.41, 5.74) is 2.30. The number of hydrogen-bond acceptors (Lipinski definition) is 4. The van der Waals surface area contributed by atoms with Crippen molar-refractivity contribution in [1.82, 2.24) is 0 Å². The van der Waals surface area contributed by atoms with Crippen LogP contribution in [-0.4, -0.2) is 24.2 Å². The van der Waals surface area contributed by atoms with Crippen molar-refractivity contribution in [3.05, 3.63) is 59.7 Å². The molecule has 2 aromatic carbocycles. The molecule has 1 atom stereocenters. The van der Waals surface area contributed by atoms with Gasteiger partial charge in [0.25, 0.3) is 0 Å². The maximum Gasteiger partial charge on any atom is 0.337 e. The predicted octanol–water partition coefficient (Wildman–Crippen LogP) is 3.90. The minimum atomic E-state index is -0.397. The zero-order chi connectivity index (χ0) is 16.8. The molecule has 1 amide bonds. The summed E-state index contributed by atoms with van der Waals surface area (Å²) in [4.78, 5) is 24.7. The summed E-state index contributed by atoms with van der Waals surface area (Å²) in [5, 5.41) is 2.62. The Morgan fingerprint density at radius 3 is 2.22 bits per heavy atom. The number of aryl methyl sites for hydroxylation is 1. The molecular formula is C18H19NO3S. The summed E-state index contributed by atoms with van der Waals surface area (Å²) in [6.07, 6.45) is 0. The maximum atomic E-state index is 12.2. The largest absolute Gasteiger partial charge is 0.465 e. The summed E-state index contributed by atoms with van der Waals surface area (Å²) in [7, 11) is 1.34. The lowest BCUT2D eigenvalue weighted by molar-refractivity contribution is -0.115. The zero-order valence-corrected chi connectivity index (χ0v) is 14.1. The average Bonchev–Trinajstić information content (AvgIpc) is 2.56. The summed E-state index contributed by atoms with van der Waals surface area (Å²) >= 11 is 1.51. The van der Waals surface area contributed by atoms with Crippen LogP contribution in [0, 0.1) is 6.92 Å². The number of hydrogen-bond donors (Lipinski definition) is 1. The van der Waals surface area contributed by atoms with Gasteiger partial charge in [-0.05, 0) is 50.2 Å². The highest BCUT2D eigenvalue weighted by molar-refractivity contribution is 8.00. The van der Waals surface area contributed by atoms with Gasteiger partial charge in [-0.1, -0.05) is 17.7 Å². The Bertz CT molecular complexity index is 680. The number of amides is 1. The summed E-state index contributed by atoms with van der Waals surface area (Å²) in [5.74, 6) is -0.479. The molecule has 0 aromatic heterocycles. The molecule has 120 valence electrons. The van der Waals surface area contributed by atoms with Gasteiger partial charge >= 0.3 is 5.97 Å². The van der Waals surface area contributed by atoms with E-state index in [-0.39, 0.29) is 11.2 Å². The number of ether oxygens (including phenoxy) is 1. The lowest BCUT2D eigenvalue weighted by atomic mass is 10.2. The van der Waals surface area contributed by atoms with Crippen molar-refractivity contribution < 1.29 is 14.3 Å². The van der Waals surface area contributed by atoms with Crippen LogP contribution in [0.15, 0.2) is 53.4 Å². The van der Waals surface area contributed by atoms with E-state index in [2.05, 4.69) is 10.1 Å². The highest BCUT2D eigenvalue weighted by Gasteiger charge is 2.15. The van der Waals surface area contributed by atoms with E-state index < -0.39 is 5.97 Å². The van der Waals surface area contributed by atoms with Crippen molar-refractivity contribution in [1.29, 1.82) is 0 Å². The topological polar surface area (TPSA) is 55.4 Å². The minimum Gasteiger partial charge on any atom is -0.465 e. The number of anilines is 1. The molecule has 0 aliphatic rings. The number of rotatable bonds is 5. The Morgan fingerprint density at radius 2 is 1.65 bits per heavy atom. The highest BCUT2D eigenvalue weighted by Crippen LogP contribution is 2.24. The number of carbonyl (C=O) groups is 2. The van der Waals surface area contributed by atoms with Crippen LogP contribution in [0.2, 0.25) is 0 Å². The van der Waals surface area contributed by atoms with Crippen LogP contribution in [-0.2, 0) is 9.53 Å². The van der Waals surface area contributed by atoms with Gasteiger partial charge in [-0.3, -0.25) is 4.79 Å². The molecule has 0 aliphatic carbocycles. The summed E-state index contributed by atoms with van der Waals surface area (Å²) in [6, 6.07) is 14.7. The second-order valence-electron chi connectivity index (χ2n) is 5.13. The first-order valence-corrected chi connectivity index (χ1v) is 8.10. The Balaban J connectivity index is 1.95. The Labute approximate surface area is 140 Å². The normalized spacial score (nSPS) is 11.6. The van der Waals surface area contributed by atoms with Crippen molar-refractivity contribution >= 4 is 29.3 Å². The van der Waals surface area contributed by atoms with E-state index in [1.165, 1.54) is 24.4 Å². The van der Waals surface area contributed by atoms with Gasteiger partial charge in [0, 0.05) is 10.6 Å². The molecule has 0 radical (unpaired) electrons. The van der Waals surface area contributed by atoms with E-state index in [1.807, 2.05) is 38.1 Å². The molecular weight excluding hydrogens is 310 g/mol. The van der Waals surface area contributed by atoms with Gasteiger partial charge in [0.15, 0.2) is 0 Å². The summed E-state index contributed by atoms with van der Waals surface area (Å²) in [6.45, 7) is 3.89. The number of thioether (sulfide) groups is 1. The molecule has 2 rings (SSSR count). The van der Waals surface area contributed by atoms with Crippen LogP contribution >= 0.6 is 11.8 Å². The average molecular weight is 329 g/mol. The molecule has 0 aliphatic heterocycles. The number of esters is 1. The minimum absolute atomic E-state index is 0.0820. The number of nitrogens with one attached hydrogen (secondary N) is 1. The van der Waals surface area contributed by atoms with E-state index >= 15 is 0 Å². The number of methoxy groups -OCH3 is 1. The fraction of sp³-hybridized carbons (Fsp3) is 0.222. The van der Waals surface area contributed by atoms with Gasteiger partial charge in [0.2, 0.25) is 5.91 Å². The van der Waals surface area contributed by atoms with Gasteiger partial charge in [0.1, 0.15) is 0 Å². The Morgan fingerprint density at radius 1 is 1.04 bits per heavy atom. The fourth-order valence-electron chi connectivity index (χ4n) is 1.93. The van der Waals surface area contributed by atoms with Gasteiger partial charge in [-0.15, -0.1) is 11.8 Å². The second-order valence-corrected chi connectivity index (χ2v) is 6.55. The third-order valence-electron chi connectivity index (χ3n) is 3.28. The van der Waals surface area contributed by atoms with Gasteiger partial charge in [-0.2, -0.15) is 0 Å². The molecule has 0 bridgehead atoms. The molecule has 0 fully saturated rings. The molecule has 1 N–H and O–H groups in total. The van der Waals surface area contributed by atoms with Crippen molar-refractivity contribution in [3.63, 3.8) is 0 Å². The molecule has 5 heteroatoms. The zero-order valence-electron chi connectivity index (χ0n) is 13.3. The predicted molar refractivity (Wildman–Crippen MR) is 92.9 cm³/mol. The third kappa shape index (κ3) is 4.86. The molecule has 23 heavy (non-hydrogen) atoms. The van der Waals surface area contributed by atoms with Crippen LogP contribution in [0.1, 0.15) is 22.8 Å². The molecule has 4 nitrogen and oxygen atoms in total. The standard InChI is InChI=1S/C18H19NO3S/c1-12-4-10-16(11-5-12)23-13(2)17(20)19-15-8-6-14(7-9-15)18(21)22-3/h4-11,13H,1-3H3,(H,19,20). The van der Waals surface area contributed by atoms with Crippen LogP contribution < -0.4 is 5.32 Å². The molecule has 0 saturated carbocycles. The molecule has 0 spiro atoms. The Hall–Kier alpha value is -2.27. The van der Waals surface area contributed by atoms with Gasteiger partial charge in [-0.25, -0.2) is 4.79 Å². The smallest absolute Gasteiger partial charge is 0.337 e. The van der Waals surface area contributed by atoms with Crippen LogP contribution in [0.5, 0.6) is 0 Å². The third-order valence-corrected chi connectivity index (χ3v) is 4.39. The van der Waals surface area contributed by atoms with Crippen LogP contribution in [0.25, 0.3) is 0 Å². The van der Waals surface area contributed by atoms with Crippen molar-refractivity contribution in [2.24, 2.45) is 0 Å². The quantitative estimate of drug-likeness (QED) is 0.668. The van der Waals surface area contributed by atoms with Crippen molar-refractivity contribution in [2.45, 2.75) is 24.0 Å². The second kappa shape index (κ2) is 7.83. The molecule has 0 saturated heterocycles. The van der Waals surface area contributed by atoms with Crippen LogP contribution in [0.4, 0.5) is 5.69 Å². The van der Waals surface area contributed by atoms with E-state index in [4.69, 9.17) is 0 Å². The van der Waals surface area contributed by atoms with Gasteiger partial charge < -0.3 is 10.1 Å². The van der Waals surface area contributed by atoms with E-state index in [9.17, 15) is 9.59 Å². The molecule has 2 aromatic rings. The van der Waals surface area contributed by atoms with Crippen LogP contribution in [0.3, 0.4) is 0 Å². The first-order valence-electron chi connectivity index (χ1n) is 7.22. The fourth-order valence-corrected chi connectivity index (χ4v) is 2.79. The first kappa shape index (κ1) is 17.1. The van der Waals surface area contributed by atoms with E-state index in [0.717, 1.165) is 4.90 Å². The lowest BCUT2D eigenvalue weighted by Crippen LogP contribution is -2.22. The maximum absolute atomic E-state index is 12.2. The SMILES string of the molecule is COC(=O)c1ccc(NC(=O)C(C)Sc2ccc(C)cc2)cc1. The molecule has 1 unspecified atom stereocenters. The molecule has 0 heterocycles. The van der Waals surface area contributed by atoms with E-state index in [0.29, 0.717) is 11.3 Å². The highest BCUT2D eigenvalue weighted by atomic mass is 32.2. The Kier molecular flexibility index (Phi) is 5.82. The van der Waals surface area contributed by atoms with Crippen molar-refractivity contribution in [2.75, 3.05) is 12.4 Å². The monoisotopic (exact) mass is 329 g/mol. The van der Waals surface area contributed by atoms with Gasteiger partial charge in [0.05, 0.1) is 17.9 Å². The number of carbonyl (C=O) groups excluding carboxylic acids is 2. The van der Waals surface area contributed by atoms with E-state index in [1.54, 1.807) is 24.3 Å². The lowest BCUT2D eigenvalue weighted by Gasteiger charge is -2.12. The summed E-state index contributed by atoms with van der Waals surface area (Å²) < 4.78 is 4.64. The first-order chi connectivity index (χ1) is 11.0. The van der Waals surface area contributed by atoms with Crippen molar-refractivity contribution in [3.8, 4) is 0 Å². The number of benzene rings is 2.